The molecule has 0 spiro atoms. The van der Waals surface area contributed by atoms with Crippen molar-refractivity contribution in [3.8, 4) is 33.4 Å². The molecule has 0 bridgehead atoms. The van der Waals surface area contributed by atoms with Crippen molar-refractivity contribution >= 4 is 438 Å². The van der Waals surface area contributed by atoms with Gasteiger partial charge in [-0.15, -0.1) is 49.2 Å². The minimum atomic E-state index is -0.242. The van der Waals surface area contributed by atoms with E-state index in [4.69, 9.17) is 224 Å². The summed E-state index contributed by atoms with van der Waals surface area (Å²) < 4.78 is 6.37. The molecule has 9 aromatic carbocycles. The Hall–Kier alpha value is -4.36. The molecule has 0 saturated heterocycles. The van der Waals surface area contributed by atoms with Crippen molar-refractivity contribution in [2.24, 2.45) is 0 Å². The van der Waals surface area contributed by atoms with E-state index in [0.29, 0.717) is 0 Å². The molecule has 1 nitrogen and oxygen atoms in total. The van der Waals surface area contributed by atoms with E-state index in [1.807, 2.05) is 0 Å². The molecule has 0 aliphatic heterocycles. The van der Waals surface area contributed by atoms with Crippen LogP contribution in [0.15, 0.2) is 4.42 Å². The Bertz CT molecular complexity index is 4330. The molecule has 0 aliphatic rings. The van der Waals surface area contributed by atoms with E-state index in [9.17, 15) is 0 Å². The Morgan fingerprint density at radius 3 is 0.667 bits per heavy atom. The third-order valence-electron chi connectivity index (χ3n) is 14.7. The molecule has 1 heterocycles. The van der Waals surface area contributed by atoms with E-state index in [1.54, 1.807) is 0 Å². The first-order chi connectivity index (χ1) is 35.0. The molecule has 29 heteroatoms. The van der Waals surface area contributed by atoms with Gasteiger partial charge < -0.3 is 4.42 Å². The smallest absolute Gasteiger partial charge is 0.128 e. The van der Waals surface area contributed by atoms with Crippen LogP contribution in [-0.4, -0.2) is 220 Å². The van der Waals surface area contributed by atoms with Gasteiger partial charge in [-0.05, 0) is 81.9 Å². The number of hydrogen-bond donors (Lipinski definition) is 0. The molecule has 0 fully saturated rings. The van der Waals surface area contributed by atoms with Crippen LogP contribution < -0.4 is 153 Å². The molecule has 0 unspecified atom stereocenters. The lowest BCUT2D eigenvalue weighted by atomic mass is 9.55. The van der Waals surface area contributed by atoms with Crippen molar-refractivity contribution in [3.05, 3.63) is 0 Å². The first kappa shape index (κ1) is 54.0. The molecule has 0 N–H and O–H groups in total. The lowest BCUT2D eigenvalue weighted by Crippen LogP contribution is -2.56. The zero-order valence-corrected chi connectivity index (χ0v) is 39.6. The summed E-state index contributed by atoms with van der Waals surface area (Å²) in [5.74, 6) is 0. The third-order valence-corrected chi connectivity index (χ3v) is 14.7. The highest BCUT2D eigenvalue weighted by molar-refractivity contribution is 6.78. The molecule has 56 radical (unpaired) electrons. The van der Waals surface area contributed by atoms with Crippen LogP contribution in [0.25, 0.3) is 98.4 Å². The number of hydrogen-bond acceptors (Lipinski definition) is 1. The average molecular weight is 871 g/mol. The van der Waals surface area contributed by atoms with E-state index in [1.165, 1.54) is 0 Å². The van der Waals surface area contributed by atoms with Crippen molar-refractivity contribution < 1.29 is 4.42 Å². The quantitative estimate of drug-likeness (QED) is 0.127. The van der Waals surface area contributed by atoms with Crippen LogP contribution in [0.5, 0.6) is 0 Å². The Kier molecular flexibility index (Phi) is 13.0. The molecule has 0 saturated carbocycles. The Balaban J connectivity index is 1.46. The van der Waals surface area contributed by atoms with Gasteiger partial charge in [-0.3, -0.25) is 0 Å². The average Bonchev–Trinajstić information content (AvgIpc) is 3.80. The predicted molar refractivity (Wildman–Crippen MR) is 351 cm³/mol. The molecule has 1 aromatic heterocycles. The Morgan fingerprint density at radius 1 is 0.120 bits per heavy atom. The highest BCUT2D eigenvalue weighted by atomic mass is 16.3. The maximum absolute atomic E-state index is 7.35. The molecular weight excluding hydrogens is 871 g/mol. The molecule has 0 amide bonds. The van der Waals surface area contributed by atoms with Gasteiger partial charge in [-0.25, -0.2) is 0 Å². The van der Waals surface area contributed by atoms with Crippen LogP contribution in [0.1, 0.15) is 0 Å². The molecule has 10 rings (SSSR count). The number of furan rings is 1. The van der Waals surface area contributed by atoms with Crippen LogP contribution >= 0.6 is 0 Å². The number of rotatable bonds is 3. The van der Waals surface area contributed by atoms with E-state index in [0.717, 1.165) is 0 Å². The van der Waals surface area contributed by atoms with Gasteiger partial charge in [0.25, 0.3) is 0 Å². The van der Waals surface area contributed by atoms with Gasteiger partial charge in [0, 0.05) is 10.8 Å². The Morgan fingerprint density at radius 2 is 0.307 bits per heavy atom. The zero-order valence-electron chi connectivity index (χ0n) is 39.6. The van der Waals surface area contributed by atoms with Crippen LogP contribution in [0.2, 0.25) is 0 Å². The van der Waals surface area contributed by atoms with Crippen molar-refractivity contribution in [3.63, 3.8) is 0 Å². The summed E-state index contributed by atoms with van der Waals surface area (Å²) in [6, 6.07) is 0. The summed E-state index contributed by atoms with van der Waals surface area (Å²) >= 11 is 0. The second kappa shape index (κ2) is 18.1. The summed E-state index contributed by atoms with van der Waals surface area (Å²) in [7, 11) is 190. The van der Waals surface area contributed by atoms with Crippen LogP contribution in [-0.2, 0) is 0 Å². The first-order valence-corrected chi connectivity index (χ1v) is 22.0. The van der Waals surface area contributed by atoms with Gasteiger partial charge in [-0.2, -0.15) is 0 Å². The summed E-state index contributed by atoms with van der Waals surface area (Å²) in [5.41, 5.74) is -4.35. The second-order valence-corrected chi connectivity index (χ2v) is 18.3. The van der Waals surface area contributed by atoms with E-state index < -0.39 is 0 Å². The maximum Gasteiger partial charge on any atom is 0.128 e. The van der Waals surface area contributed by atoms with E-state index in [2.05, 4.69) is 0 Å². The first-order valence-electron chi connectivity index (χ1n) is 22.0. The van der Waals surface area contributed by atoms with Gasteiger partial charge in [0.1, 0.15) is 231 Å². The fraction of sp³-hybridized carbons (Fsp3) is 0. The van der Waals surface area contributed by atoms with Crippen LogP contribution in [0, 0.1) is 0 Å². The number of fused-ring (bicyclic) bond motifs is 7. The lowest BCUT2D eigenvalue weighted by Gasteiger charge is -2.33. The summed E-state index contributed by atoms with van der Waals surface area (Å²) in [6.07, 6.45) is 0. The highest BCUT2D eigenvalue weighted by Crippen LogP contribution is 2.40. The van der Waals surface area contributed by atoms with Crippen molar-refractivity contribution in [1.82, 2.24) is 0 Å². The van der Waals surface area contributed by atoms with Crippen molar-refractivity contribution in [1.29, 1.82) is 0 Å². The minimum absolute atomic E-state index is 0.000821. The fourth-order valence-corrected chi connectivity index (χ4v) is 10.8. The third kappa shape index (κ3) is 6.85. The molecular formula is C46B28O. The standard InChI is InChI=1S/C46B28O/c47-17-7(25(55)26(56)10-9(17)27(57)28(58)11(18(10)48)13-30(60)41(71)43(73)42(72)31(13)61)1-3-5(23(53)37(67)35(65)21(3)51)2(6-4(1)22(52)36(66)38(68)24(6)54)8-19(49)16-15-20(50)12-14(32(62)40(70)39(69)29(12)59)34(64)45(15)75-46(16)44(74)33(8)63. The molecule has 0 atom stereocenters. The SMILES string of the molecule is [B]c1c([B])c([B])c(-c2c([B])c([B])c3c([B])c(-c4c5c([B])c([B])c([B])c([B])c5c(-c5c([B])c([B])c6oc7c([B])c8c([B])c([B])c([B])c([B])c8c([B])c7c6c5[B])c5c([B])c([B])c([B])c([B])c45)c([B])c([B])c3c2[B])c([B])c1[B]. The Labute approximate surface area is 472 Å². The molecule has 0 aliphatic carbocycles. The fourth-order valence-electron chi connectivity index (χ4n) is 10.8. The summed E-state index contributed by atoms with van der Waals surface area (Å²) in [6.45, 7) is 0. The summed E-state index contributed by atoms with van der Waals surface area (Å²) in [5, 5.41) is 0.369. The van der Waals surface area contributed by atoms with Gasteiger partial charge in [0.2, 0.25) is 0 Å². The van der Waals surface area contributed by atoms with Crippen LogP contribution in [0.4, 0.5) is 0 Å². The topological polar surface area (TPSA) is 13.1 Å². The normalized spacial score (nSPS) is 11.9. The summed E-state index contributed by atoms with van der Waals surface area (Å²) in [4.78, 5) is 0. The van der Waals surface area contributed by atoms with Gasteiger partial charge in [0.05, 0.1) is 0 Å². The van der Waals surface area contributed by atoms with Gasteiger partial charge in [-0.1, -0.05) is 98.3 Å². The van der Waals surface area contributed by atoms with Crippen LogP contribution in [0.3, 0.4) is 0 Å². The number of benzene rings is 9. The minimum Gasteiger partial charge on any atom is -0.457 e. The molecule has 10 aromatic rings. The largest absolute Gasteiger partial charge is 0.457 e. The predicted octanol–water partition coefficient (Wildman–Crippen LogP) is -20.6. The maximum atomic E-state index is 7.35. The van der Waals surface area contributed by atoms with E-state index in [-0.39, 0.29) is 251 Å². The van der Waals surface area contributed by atoms with Gasteiger partial charge >= 0.3 is 0 Å². The monoisotopic (exact) mass is 876 g/mol. The molecule has 274 valence electrons. The second-order valence-electron chi connectivity index (χ2n) is 18.3. The lowest BCUT2D eigenvalue weighted by molar-refractivity contribution is 0.675. The van der Waals surface area contributed by atoms with Crippen molar-refractivity contribution in [2.75, 3.05) is 0 Å². The molecule has 75 heavy (non-hydrogen) atoms. The zero-order chi connectivity index (χ0) is 55.3. The highest BCUT2D eigenvalue weighted by Gasteiger charge is 2.31. The van der Waals surface area contributed by atoms with E-state index >= 15 is 0 Å². The van der Waals surface area contributed by atoms with Crippen molar-refractivity contribution in [2.45, 2.75) is 0 Å². The van der Waals surface area contributed by atoms with Gasteiger partial charge in [0.15, 0.2) is 0 Å².